The van der Waals surface area contributed by atoms with Crippen LogP contribution in [0, 0.1) is 0 Å². The number of aliphatic hydroxyl groups is 1. The van der Waals surface area contributed by atoms with E-state index >= 15 is 0 Å². The lowest BCUT2D eigenvalue weighted by molar-refractivity contribution is -0.102. The molecule has 2 heterocycles. The Hall–Kier alpha value is -2.65. The second kappa shape index (κ2) is 8.79. The van der Waals surface area contributed by atoms with Crippen molar-refractivity contribution in [3.8, 4) is 0 Å². The molecule has 1 aromatic carbocycles. The van der Waals surface area contributed by atoms with Gasteiger partial charge in [0.2, 0.25) is 0 Å². The van der Waals surface area contributed by atoms with Gasteiger partial charge in [-0.25, -0.2) is 4.98 Å². The number of benzene rings is 1. The highest BCUT2D eigenvalue weighted by molar-refractivity contribution is 7.05. The molecule has 0 aliphatic carbocycles. The summed E-state index contributed by atoms with van der Waals surface area (Å²) >= 11 is 1.22. The number of anilines is 1. The quantitative estimate of drug-likeness (QED) is 0.487. The Balaban J connectivity index is 1.81. The molecule has 29 heavy (non-hydrogen) atoms. The summed E-state index contributed by atoms with van der Waals surface area (Å²) in [6.07, 6.45) is 4.51. The summed E-state index contributed by atoms with van der Waals surface area (Å²) in [6.45, 7) is 5.99. The molecular weight excluding hydrogens is 388 g/mol. The number of hydrogen-bond donors (Lipinski definition) is 3. The van der Waals surface area contributed by atoms with Gasteiger partial charge >= 0.3 is 0 Å². The SMILES string of the molecule is C[C@@H]1CC[C@@H](c2nsc(C(C)(C)O)n2)CN1C(=O)c1ccccc1N/N=C\C=[NH2+]. The third-order valence-electron chi connectivity index (χ3n) is 4.98. The molecule has 2 aromatic rings. The predicted molar refractivity (Wildman–Crippen MR) is 114 cm³/mol. The molecule has 9 heteroatoms. The van der Waals surface area contributed by atoms with E-state index in [4.69, 9.17) is 5.41 Å². The molecule has 1 aromatic heterocycles. The molecule has 2 atom stereocenters. The van der Waals surface area contributed by atoms with Crippen LogP contribution < -0.4 is 10.8 Å². The highest BCUT2D eigenvalue weighted by Gasteiger charge is 2.34. The van der Waals surface area contributed by atoms with Crippen molar-refractivity contribution in [3.63, 3.8) is 0 Å². The number of carbonyl (C=O) groups excluding carboxylic acids is 1. The van der Waals surface area contributed by atoms with E-state index in [1.165, 1.54) is 24.0 Å². The van der Waals surface area contributed by atoms with Crippen LogP contribution in [0.1, 0.15) is 60.7 Å². The Morgan fingerprint density at radius 2 is 2.17 bits per heavy atom. The summed E-state index contributed by atoms with van der Waals surface area (Å²) in [5.41, 5.74) is 3.04. The highest BCUT2D eigenvalue weighted by Crippen LogP contribution is 2.32. The van der Waals surface area contributed by atoms with Crippen molar-refractivity contribution >= 4 is 35.6 Å². The Morgan fingerprint density at radius 3 is 2.86 bits per heavy atom. The van der Waals surface area contributed by atoms with E-state index in [1.807, 2.05) is 23.1 Å². The second-order valence-electron chi connectivity index (χ2n) is 7.73. The van der Waals surface area contributed by atoms with Gasteiger partial charge in [0.15, 0.2) is 6.21 Å². The van der Waals surface area contributed by atoms with Gasteiger partial charge in [-0.1, -0.05) is 12.1 Å². The summed E-state index contributed by atoms with van der Waals surface area (Å²) in [6, 6.07) is 7.39. The van der Waals surface area contributed by atoms with Crippen LogP contribution >= 0.6 is 11.5 Å². The molecule has 1 aliphatic rings. The van der Waals surface area contributed by atoms with E-state index in [-0.39, 0.29) is 17.9 Å². The molecule has 1 saturated heterocycles. The van der Waals surface area contributed by atoms with Crippen molar-refractivity contribution in [1.29, 1.82) is 0 Å². The number of hydrogen-bond acceptors (Lipinski definition) is 7. The molecule has 3 rings (SSSR count). The van der Waals surface area contributed by atoms with Gasteiger partial charge in [0.05, 0.1) is 11.3 Å². The molecular formula is C20H27N6O2S+. The van der Waals surface area contributed by atoms with E-state index in [0.717, 1.165) is 12.8 Å². The van der Waals surface area contributed by atoms with Gasteiger partial charge in [-0.05, 0) is 57.3 Å². The summed E-state index contributed by atoms with van der Waals surface area (Å²) in [7, 11) is 0. The second-order valence-corrected chi connectivity index (χ2v) is 8.48. The first-order valence-electron chi connectivity index (χ1n) is 9.60. The Kier molecular flexibility index (Phi) is 6.39. The van der Waals surface area contributed by atoms with Gasteiger partial charge in [0, 0.05) is 18.5 Å². The highest BCUT2D eigenvalue weighted by atomic mass is 32.1. The fourth-order valence-corrected chi connectivity index (χ4v) is 4.05. The number of rotatable bonds is 6. The first-order valence-corrected chi connectivity index (χ1v) is 10.4. The Labute approximate surface area is 174 Å². The van der Waals surface area contributed by atoms with Crippen molar-refractivity contribution in [2.75, 3.05) is 12.0 Å². The fraction of sp³-hybridized carbons (Fsp3) is 0.450. The molecule has 0 saturated carbocycles. The van der Waals surface area contributed by atoms with Crippen LogP contribution in [0.2, 0.25) is 0 Å². The maximum absolute atomic E-state index is 13.3. The predicted octanol–water partition coefficient (Wildman–Crippen LogP) is 1.40. The van der Waals surface area contributed by atoms with Crippen molar-refractivity contribution in [2.24, 2.45) is 5.10 Å². The number of nitrogens with zero attached hydrogens (tertiary/aromatic N) is 4. The molecule has 1 fully saturated rings. The molecule has 1 amide bonds. The topological polar surface area (TPSA) is 116 Å². The lowest BCUT2D eigenvalue weighted by atomic mass is 9.92. The number of para-hydroxylation sites is 1. The summed E-state index contributed by atoms with van der Waals surface area (Å²) in [5.74, 6) is 0.689. The number of nitrogens with two attached hydrogens (primary N) is 1. The van der Waals surface area contributed by atoms with E-state index in [9.17, 15) is 9.90 Å². The van der Waals surface area contributed by atoms with E-state index < -0.39 is 5.60 Å². The minimum atomic E-state index is -1.01. The van der Waals surface area contributed by atoms with E-state index in [2.05, 4.69) is 26.8 Å². The first-order chi connectivity index (χ1) is 13.8. The average molecular weight is 416 g/mol. The molecule has 154 valence electrons. The zero-order chi connectivity index (χ0) is 21.0. The van der Waals surface area contributed by atoms with Gasteiger partial charge in [-0.15, -0.1) is 0 Å². The Morgan fingerprint density at radius 1 is 1.41 bits per heavy atom. The minimum Gasteiger partial charge on any atom is -0.383 e. The monoisotopic (exact) mass is 415 g/mol. The van der Waals surface area contributed by atoms with Gasteiger partial charge in [-0.3, -0.25) is 15.6 Å². The average Bonchev–Trinajstić information content (AvgIpc) is 3.19. The van der Waals surface area contributed by atoms with Crippen LogP contribution in [0.25, 0.3) is 0 Å². The van der Waals surface area contributed by atoms with Gasteiger partial charge in [0.25, 0.3) is 5.91 Å². The molecule has 0 unspecified atom stereocenters. The first kappa shape index (κ1) is 21.1. The smallest absolute Gasteiger partial charge is 0.256 e. The number of likely N-dealkylation sites (tertiary alicyclic amines) is 1. The fourth-order valence-electron chi connectivity index (χ4n) is 3.32. The van der Waals surface area contributed by atoms with E-state index in [0.29, 0.717) is 28.6 Å². The third kappa shape index (κ3) is 4.86. The van der Waals surface area contributed by atoms with Crippen LogP contribution in [0.4, 0.5) is 5.69 Å². The zero-order valence-electron chi connectivity index (χ0n) is 16.9. The van der Waals surface area contributed by atoms with Crippen molar-refractivity contribution in [3.05, 3.63) is 40.7 Å². The van der Waals surface area contributed by atoms with Gasteiger partial charge in [0.1, 0.15) is 22.6 Å². The largest absolute Gasteiger partial charge is 0.383 e. The summed E-state index contributed by atoms with van der Waals surface area (Å²) in [4.78, 5) is 19.7. The lowest BCUT2D eigenvalue weighted by Crippen LogP contribution is -2.45. The number of carbonyl (C=O) groups is 1. The van der Waals surface area contributed by atoms with Crippen LogP contribution in [0.3, 0.4) is 0 Å². The van der Waals surface area contributed by atoms with Crippen molar-refractivity contribution < 1.29 is 15.3 Å². The summed E-state index contributed by atoms with van der Waals surface area (Å²) in [5, 5.41) is 20.1. The van der Waals surface area contributed by atoms with E-state index in [1.54, 1.807) is 19.9 Å². The standard InChI is InChI=1S/C20H26N6O2S/c1-13-8-9-14(17-23-19(29-25-17)20(2,3)28)12-26(13)18(27)15-6-4-5-7-16(15)24-22-11-10-21/h4-7,10-11,13-14,21,24,28H,8-9,12H2,1-3H3/p+1/b21-10?,22-11-/t13-,14-/m1/s1. The maximum Gasteiger partial charge on any atom is 0.256 e. The number of piperidine rings is 1. The summed E-state index contributed by atoms with van der Waals surface area (Å²) < 4.78 is 4.45. The van der Waals surface area contributed by atoms with Gasteiger partial charge < -0.3 is 10.0 Å². The molecule has 0 radical (unpaired) electrons. The number of hydrazone groups is 1. The minimum absolute atomic E-state index is 0.0486. The van der Waals surface area contributed by atoms with Crippen LogP contribution in [0.15, 0.2) is 29.4 Å². The van der Waals surface area contributed by atoms with Crippen molar-refractivity contribution in [2.45, 2.75) is 51.2 Å². The molecule has 0 spiro atoms. The van der Waals surface area contributed by atoms with Crippen molar-refractivity contribution in [1.82, 2.24) is 14.3 Å². The molecule has 8 nitrogen and oxygen atoms in total. The molecule has 1 aliphatic heterocycles. The third-order valence-corrected chi connectivity index (χ3v) is 6.02. The van der Waals surface area contributed by atoms with Crippen LogP contribution in [0.5, 0.6) is 0 Å². The van der Waals surface area contributed by atoms with Crippen LogP contribution in [-0.2, 0) is 5.60 Å². The van der Waals surface area contributed by atoms with Crippen LogP contribution in [-0.4, -0.2) is 50.3 Å². The lowest BCUT2D eigenvalue weighted by Gasteiger charge is -2.37. The van der Waals surface area contributed by atoms with Gasteiger partial charge in [-0.2, -0.15) is 9.47 Å². The zero-order valence-corrected chi connectivity index (χ0v) is 17.7. The molecule has 4 N–H and O–H groups in total. The molecule has 0 bridgehead atoms. The normalized spacial score (nSPS) is 20.1. The number of amides is 1. The number of nitrogens with one attached hydrogen (secondary N) is 1. The maximum atomic E-state index is 13.3. The Bertz CT molecular complexity index is 904. The number of aromatic nitrogens is 2.